The average Bonchev–Trinajstić information content (AvgIpc) is 3.33. The van der Waals surface area contributed by atoms with Gasteiger partial charge in [-0.15, -0.1) is 0 Å². The summed E-state index contributed by atoms with van der Waals surface area (Å²) in [5, 5.41) is 17.1. The van der Waals surface area contributed by atoms with Crippen LogP contribution in [-0.2, 0) is 0 Å². The Hall–Kier alpha value is -2.89. The molecule has 2 aromatic rings. The van der Waals surface area contributed by atoms with Crippen molar-refractivity contribution in [3.8, 4) is 0 Å². The molecule has 0 spiro atoms. The summed E-state index contributed by atoms with van der Waals surface area (Å²) in [7, 11) is 0. The first-order valence-corrected chi connectivity index (χ1v) is 7.46. The van der Waals surface area contributed by atoms with Crippen LogP contribution < -0.4 is 10.6 Å². The molecule has 0 unspecified atom stereocenters. The van der Waals surface area contributed by atoms with E-state index in [2.05, 4.69) is 10.6 Å². The Kier molecular flexibility index (Phi) is 3.97. The number of nitro benzene ring substituents is 1. The van der Waals surface area contributed by atoms with E-state index < -0.39 is 4.92 Å². The van der Waals surface area contributed by atoms with Gasteiger partial charge in [0.25, 0.3) is 11.6 Å². The van der Waals surface area contributed by atoms with Crippen LogP contribution >= 0.6 is 0 Å². The minimum absolute atomic E-state index is 0.0747. The van der Waals surface area contributed by atoms with E-state index in [9.17, 15) is 14.9 Å². The first-order valence-electron chi connectivity index (χ1n) is 7.46. The second-order valence-corrected chi connectivity index (χ2v) is 5.68. The first kappa shape index (κ1) is 15.0. The molecule has 2 N–H and O–H groups in total. The van der Waals surface area contributed by atoms with Crippen molar-refractivity contribution in [1.29, 1.82) is 0 Å². The third-order valence-corrected chi connectivity index (χ3v) is 3.79. The number of hydrogen-bond donors (Lipinski definition) is 2. The number of nitrogens with one attached hydrogen (secondary N) is 2. The van der Waals surface area contributed by atoms with Crippen LogP contribution in [0.25, 0.3) is 0 Å². The number of para-hydroxylation sites is 1. The number of anilines is 2. The van der Waals surface area contributed by atoms with Gasteiger partial charge in [0.05, 0.1) is 4.92 Å². The molecule has 2 aromatic carbocycles. The number of rotatable bonds is 5. The summed E-state index contributed by atoms with van der Waals surface area (Å²) < 4.78 is 0. The number of carbonyl (C=O) groups excluding carboxylic acids is 1. The van der Waals surface area contributed by atoms with Gasteiger partial charge in [0.15, 0.2) is 0 Å². The fourth-order valence-corrected chi connectivity index (χ4v) is 2.30. The number of nitrogens with zero attached hydrogens (tertiary/aromatic N) is 1. The van der Waals surface area contributed by atoms with Crippen LogP contribution in [0.2, 0.25) is 0 Å². The number of carbonyl (C=O) groups is 1. The molecule has 1 saturated carbocycles. The topological polar surface area (TPSA) is 84.3 Å². The average molecular weight is 311 g/mol. The van der Waals surface area contributed by atoms with Gasteiger partial charge in [-0.3, -0.25) is 14.9 Å². The number of benzene rings is 2. The van der Waals surface area contributed by atoms with Crippen molar-refractivity contribution in [3.63, 3.8) is 0 Å². The monoisotopic (exact) mass is 311 g/mol. The van der Waals surface area contributed by atoms with Crippen LogP contribution in [0.3, 0.4) is 0 Å². The van der Waals surface area contributed by atoms with Crippen LogP contribution in [0.1, 0.15) is 28.8 Å². The lowest BCUT2D eigenvalue weighted by Crippen LogP contribution is -2.13. The van der Waals surface area contributed by atoms with Gasteiger partial charge in [-0.05, 0) is 43.5 Å². The third kappa shape index (κ3) is 3.48. The van der Waals surface area contributed by atoms with E-state index in [0.717, 1.165) is 18.4 Å². The van der Waals surface area contributed by atoms with Crippen molar-refractivity contribution in [2.75, 3.05) is 10.6 Å². The van der Waals surface area contributed by atoms with E-state index in [4.69, 9.17) is 0 Å². The fourth-order valence-electron chi connectivity index (χ4n) is 2.30. The lowest BCUT2D eigenvalue weighted by atomic mass is 10.1. The number of amides is 1. The molecule has 0 heterocycles. The fraction of sp³-hybridized carbons (Fsp3) is 0.235. The third-order valence-electron chi connectivity index (χ3n) is 3.79. The molecule has 1 aliphatic rings. The largest absolute Gasteiger partial charge is 0.377 e. The van der Waals surface area contributed by atoms with E-state index in [1.54, 1.807) is 18.2 Å². The summed E-state index contributed by atoms with van der Waals surface area (Å²) >= 11 is 0. The zero-order valence-corrected chi connectivity index (χ0v) is 12.7. The zero-order chi connectivity index (χ0) is 16.4. The van der Waals surface area contributed by atoms with Crippen LogP contribution in [0.4, 0.5) is 17.1 Å². The van der Waals surface area contributed by atoms with Gasteiger partial charge in [-0.25, -0.2) is 0 Å². The summed E-state index contributed by atoms with van der Waals surface area (Å²) in [5.74, 6) is -0.361. The van der Waals surface area contributed by atoms with Crippen LogP contribution in [0.5, 0.6) is 0 Å². The molecule has 0 atom stereocenters. The maximum atomic E-state index is 12.3. The Balaban J connectivity index is 1.84. The molecular formula is C17H17N3O3. The van der Waals surface area contributed by atoms with Crippen molar-refractivity contribution < 1.29 is 9.72 Å². The molecule has 0 aromatic heterocycles. The molecule has 1 fully saturated rings. The van der Waals surface area contributed by atoms with Gasteiger partial charge in [0, 0.05) is 23.4 Å². The second kappa shape index (κ2) is 6.08. The molecule has 1 aliphatic carbocycles. The van der Waals surface area contributed by atoms with Crippen molar-refractivity contribution in [3.05, 3.63) is 63.7 Å². The van der Waals surface area contributed by atoms with E-state index in [1.807, 2.05) is 25.1 Å². The van der Waals surface area contributed by atoms with Crippen LogP contribution in [-0.4, -0.2) is 16.9 Å². The summed E-state index contributed by atoms with van der Waals surface area (Å²) in [6.07, 6.45) is 2.04. The molecule has 23 heavy (non-hydrogen) atoms. The highest BCUT2D eigenvalue weighted by molar-refractivity contribution is 6.05. The Morgan fingerprint density at radius 1 is 1.17 bits per heavy atom. The Morgan fingerprint density at radius 3 is 2.57 bits per heavy atom. The normalized spacial score (nSPS) is 13.4. The van der Waals surface area contributed by atoms with E-state index >= 15 is 0 Å². The zero-order valence-electron chi connectivity index (χ0n) is 12.7. The lowest BCUT2D eigenvalue weighted by Gasteiger charge is -2.10. The van der Waals surface area contributed by atoms with E-state index in [-0.39, 0.29) is 17.2 Å². The molecule has 3 rings (SSSR count). The highest BCUT2D eigenvalue weighted by Crippen LogP contribution is 2.31. The van der Waals surface area contributed by atoms with Gasteiger partial charge >= 0.3 is 0 Å². The standard InChI is InChI=1S/C17H17N3O3/c1-11-4-2-3-5-14(11)19-17(21)12-6-9-15(18-13-7-8-13)16(10-12)20(22)23/h2-6,9-10,13,18H,7-8H2,1H3,(H,19,21). The van der Waals surface area contributed by atoms with Crippen molar-refractivity contribution in [2.45, 2.75) is 25.8 Å². The SMILES string of the molecule is Cc1ccccc1NC(=O)c1ccc(NC2CC2)c([N+](=O)[O-])c1. The molecule has 1 amide bonds. The molecule has 118 valence electrons. The van der Waals surface area contributed by atoms with E-state index in [1.165, 1.54) is 6.07 Å². The molecule has 0 radical (unpaired) electrons. The maximum Gasteiger partial charge on any atom is 0.293 e. The highest BCUT2D eigenvalue weighted by atomic mass is 16.6. The lowest BCUT2D eigenvalue weighted by molar-refractivity contribution is -0.384. The molecule has 0 bridgehead atoms. The van der Waals surface area contributed by atoms with E-state index in [0.29, 0.717) is 17.4 Å². The summed E-state index contributed by atoms with van der Waals surface area (Å²) in [6, 6.07) is 12.2. The molecule has 6 heteroatoms. The molecule has 6 nitrogen and oxygen atoms in total. The van der Waals surface area contributed by atoms with Crippen molar-refractivity contribution >= 4 is 23.0 Å². The van der Waals surface area contributed by atoms with Gasteiger partial charge in [-0.1, -0.05) is 18.2 Å². The van der Waals surface area contributed by atoms with Gasteiger partial charge in [-0.2, -0.15) is 0 Å². The number of hydrogen-bond acceptors (Lipinski definition) is 4. The van der Waals surface area contributed by atoms with Gasteiger partial charge in [0.2, 0.25) is 0 Å². The molecule has 0 saturated heterocycles. The summed E-state index contributed by atoms with van der Waals surface area (Å²) in [5.41, 5.74) is 2.28. The van der Waals surface area contributed by atoms with Gasteiger partial charge in [0.1, 0.15) is 5.69 Å². The summed E-state index contributed by atoms with van der Waals surface area (Å²) in [4.78, 5) is 23.1. The Labute approximate surface area is 133 Å². The van der Waals surface area contributed by atoms with Crippen LogP contribution in [0.15, 0.2) is 42.5 Å². The van der Waals surface area contributed by atoms with Crippen molar-refractivity contribution in [1.82, 2.24) is 0 Å². The minimum atomic E-state index is -0.463. The Morgan fingerprint density at radius 2 is 1.91 bits per heavy atom. The van der Waals surface area contributed by atoms with Crippen LogP contribution in [0, 0.1) is 17.0 Å². The predicted octanol–water partition coefficient (Wildman–Crippen LogP) is 3.73. The smallest absolute Gasteiger partial charge is 0.293 e. The Bertz CT molecular complexity index is 769. The summed E-state index contributed by atoms with van der Waals surface area (Å²) in [6.45, 7) is 1.89. The first-order chi connectivity index (χ1) is 11.0. The second-order valence-electron chi connectivity index (χ2n) is 5.68. The predicted molar refractivity (Wildman–Crippen MR) is 88.9 cm³/mol. The van der Waals surface area contributed by atoms with Crippen molar-refractivity contribution in [2.24, 2.45) is 0 Å². The maximum absolute atomic E-state index is 12.3. The highest BCUT2D eigenvalue weighted by Gasteiger charge is 2.25. The quantitative estimate of drug-likeness (QED) is 0.651. The minimum Gasteiger partial charge on any atom is -0.377 e. The number of aryl methyl sites for hydroxylation is 1. The number of nitro groups is 1. The van der Waals surface area contributed by atoms with Gasteiger partial charge < -0.3 is 10.6 Å². The molecule has 0 aliphatic heterocycles. The molecular weight excluding hydrogens is 294 g/mol.